The van der Waals surface area contributed by atoms with E-state index in [1.807, 2.05) is 6.07 Å². The number of piperazine rings is 1. The van der Waals surface area contributed by atoms with Crippen LogP contribution in [0.15, 0.2) is 30.3 Å². The van der Waals surface area contributed by atoms with Crippen LogP contribution in [0.5, 0.6) is 0 Å². The highest BCUT2D eigenvalue weighted by atomic mass is 15.3. The van der Waals surface area contributed by atoms with Crippen molar-refractivity contribution in [3.63, 3.8) is 0 Å². The maximum atomic E-state index is 8.95. The molecular formula is C14H19N3. The summed E-state index contributed by atoms with van der Waals surface area (Å²) in [5, 5.41) is 12.4. The third kappa shape index (κ3) is 2.42. The Labute approximate surface area is 103 Å². The van der Waals surface area contributed by atoms with Crippen LogP contribution in [-0.4, -0.2) is 24.7 Å². The second-order valence-electron chi connectivity index (χ2n) is 5.16. The van der Waals surface area contributed by atoms with Gasteiger partial charge in [0.25, 0.3) is 0 Å². The molecule has 1 unspecified atom stereocenters. The predicted molar refractivity (Wildman–Crippen MR) is 69.9 cm³/mol. The van der Waals surface area contributed by atoms with Crippen LogP contribution in [0.3, 0.4) is 0 Å². The molecule has 0 amide bonds. The van der Waals surface area contributed by atoms with Crippen LogP contribution >= 0.6 is 0 Å². The molecule has 1 aliphatic rings. The standard InChI is InChI=1S/C14H19N3/c1-14(2)11-16-10-13(8-9-15)17(14)12-6-4-3-5-7-12/h3-7,13,16H,8,10-11H2,1-2H3. The van der Waals surface area contributed by atoms with Gasteiger partial charge in [0.1, 0.15) is 0 Å². The molecule has 0 saturated carbocycles. The molecule has 1 fully saturated rings. The Balaban J connectivity index is 2.33. The molecule has 1 aliphatic heterocycles. The number of nitriles is 1. The quantitative estimate of drug-likeness (QED) is 0.844. The molecule has 1 heterocycles. The van der Waals surface area contributed by atoms with Crippen molar-refractivity contribution in [3.8, 4) is 6.07 Å². The van der Waals surface area contributed by atoms with Gasteiger partial charge >= 0.3 is 0 Å². The van der Waals surface area contributed by atoms with Crippen molar-refractivity contribution < 1.29 is 0 Å². The minimum Gasteiger partial charge on any atom is -0.360 e. The molecule has 1 aromatic carbocycles. The molecule has 0 aromatic heterocycles. The van der Waals surface area contributed by atoms with Gasteiger partial charge in [-0.2, -0.15) is 5.26 Å². The molecule has 0 radical (unpaired) electrons. The predicted octanol–water partition coefficient (Wildman–Crippen LogP) is 2.16. The van der Waals surface area contributed by atoms with Gasteiger partial charge in [-0.1, -0.05) is 18.2 Å². The number of anilines is 1. The summed E-state index contributed by atoms with van der Waals surface area (Å²) < 4.78 is 0. The minimum atomic E-state index is 0.0428. The molecule has 1 saturated heterocycles. The fourth-order valence-electron chi connectivity index (χ4n) is 2.63. The van der Waals surface area contributed by atoms with Crippen molar-refractivity contribution >= 4 is 5.69 Å². The number of rotatable bonds is 2. The number of nitrogens with one attached hydrogen (secondary N) is 1. The summed E-state index contributed by atoms with van der Waals surface area (Å²) in [4.78, 5) is 2.38. The second kappa shape index (κ2) is 4.77. The van der Waals surface area contributed by atoms with Crippen molar-refractivity contribution in [2.24, 2.45) is 0 Å². The highest BCUT2D eigenvalue weighted by Crippen LogP contribution is 2.29. The van der Waals surface area contributed by atoms with Crippen molar-refractivity contribution in [1.82, 2.24) is 5.32 Å². The van der Waals surface area contributed by atoms with Gasteiger partial charge in [-0.05, 0) is 26.0 Å². The van der Waals surface area contributed by atoms with Gasteiger partial charge in [0, 0.05) is 24.3 Å². The fraction of sp³-hybridized carbons (Fsp3) is 0.500. The summed E-state index contributed by atoms with van der Waals surface area (Å²) in [6.07, 6.45) is 0.561. The summed E-state index contributed by atoms with van der Waals surface area (Å²) >= 11 is 0. The first-order valence-corrected chi connectivity index (χ1v) is 6.07. The zero-order valence-corrected chi connectivity index (χ0v) is 10.5. The molecule has 1 aromatic rings. The third-order valence-corrected chi connectivity index (χ3v) is 3.32. The van der Waals surface area contributed by atoms with Crippen LogP contribution in [0.4, 0.5) is 5.69 Å². The SMILES string of the molecule is CC1(C)CNCC(CC#N)N1c1ccccc1. The van der Waals surface area contributed by atoms with E-state index < -0.39 is 0 Å². The van der Waals surface area contributed by atoms with E-state index >= 15 is 0 Å². The highest BCUT2D eigenvalue weighted by Gasteiger charge is 2.35. The Morgan fingerprint density at radius 2 is 2.12 bits per heavy atom. The van der Waals surface area contributed by atoms with Crippen LogP contribution in [0, 0.1) is 11.3 Å². The van der Waals surface area contributed by atoms with E-state index in [0.717, 1.165) is 13.1 Å². The molecule has 1 N–H and O–H groups in total. The molecule has 3 nitrogen and oxygen atoms in total. The van der Waals surface area contributed by atoms with Gasteiger partial charge in [0.05, 0.1) is 18.5 Å². The Bertz CT molecular complexity index is 405. The lowest BCUT2D eigenvalue weighted by molar-refractivity contribution is 0.324. The smallest absolute Gasteiger partial charge is 0.0643 e. The number of benzene rings is 1. The number of hydrogen-bond acceptors (Lipinski definition) is 3. The largest absolute Gasteiger partial charge is 0.360 e. The summed E-state index contributed by atoms with van der Waals surface area (Å²) in [6, 6.07) is 12.9. The maximum absolute atomic E-state index is 8.95. The summed E-state index contributed by atoms with van der Waals surface area (Å²) in [6.45, 7) is 6.27. The molecule has 17 heavy (non-hydrogen) atoms. The summed E-state index contributed by atoms with van der Waals surface area (Å²) in [5.74, 6) is 0. The number of hydrogen-bond donors (Lipinski definition) is 1. The molecule has 90 valence electrons. The van der Waals surface area contributed by atoms with E-state index in [4.69, 9.17) is 5.26 Å². The summed E-state index contributed by atoms with van der Waals surface area (Å²) in [5.41, 5.74) is 1.25. The minimum absolute atomic E-state index is 0.0428. The van der Waals surface area contributed by atoms with E-state index in [0.29, 0.717) is 6.42 Å². The zero-order chi connectivity index (χ0) is 12.3. The molecule has 0 spiro atoms. The Kier molecular flexibility index (Phi) is 3.35. The molecular weight excluding hydrogens is 210 g/mol. The van der Waals surface area contributed by atoms with Crippen molar-refractivity contribution in [3.05, 3.63) is 30.3 Å². The molecule has 3 heteroatoms. The molecule has 0 bridgehead atoms. The normalized spacial score (nSPS) is 23.1. The van der Waals surface area contributed by atoms with E-state index in [2.05, 4.69) is 54.4 Å². The Morgan fingerprint density at radius 1 is 1.41 bits per heavy atom. The van der Waals surface area contributed by atoms with Crippen LogP contribution in [-0.2, 0) is 0 Å². The second-order valence-corrected chi connectivity index (χ2v) is 5.16. The fourth-order valence-corrected chi connectivity index (χ4v) is 2.63. The monoisotopic (exact) mass is 229 g/mol. The van der Waals surface area contributed by atoms with E-state index in [1.54, 1.807) is 0 Å². The Morgan fingerprint density at radius 3 is 2.76 bits per heavy atom. The molecule has 0 aliphatic carbocycles. The number of nitrogens with zero attached hydrogens (tertiary/aromatic N) is 2. The molecule has 2 rings (SSSR count). The van der Waals surface area contributed by atoms with Gasteiger partial charge < -0.3 is 10.2 Å². The zero-order valence-electron chi connectivity index (χ0n) is 10.5. The first kappa shape index (κ1) is 11.9. The number of para-hydroxylation sites is 1. The van der Waals surface area contributed by atoms with Crippen LogP contribution in [0.2, 0.25) is 0 Å². The van der Waals surface area contributed by atoms with Crippen LogP contribution in [0.25, 0.3) is 0 Å². The van der Waals surface area contributed by atoms with E-state index in [-0.39, 0.29) is 11.6 Å². The van der Waals surface area contributed by atoms with Crippen LogP contribution in [0.1, 0.15) is 20.3 Å². The average Bonchev–Trinajstić information content (AvgIpc) is 2.29. The van der Waals surface area contributed by atoms with Gasteiger partial charge in [-0.15, -0.1) is 0 Å². The lowest BCUT2D eigenvalue weighted by Gasteiger charge is -2.49. The van der Waals surface area contributed by atoms with Crippen molar-refractivity contribution in [2.75, 3.05) is 18.0 Å². The first-order valence-electron chi connectivity index (χ1n) is 6.07. The van der Waals surface area contributed by atoms with Crippen molar-refractivity contribution in [1.29, 1.82) is 5.26 Å². The van der Waals surface area contributed by atoms with Gasteiger partial charge in [0.2, 0.25) is 0 Å². The van der Waals surface area contributed by atoms with E-state index in [1.165, 1.54) is 5.69 Å². The van der Waals surface area contributed by atoms with E-state index in [9.17, 15) is 0 Å². The van der Waals surface area contributed by atoms with Crippen molar-refractivity contribution in [2.45, 2.75) is 31.8 Å². The van der Waals surface area contributed by atoms with Gasteiger partial charge in [0.15, 0.2) is 0 Å². The first-order chi connectivity index (χ1) is 8.15. The van der Waals surface area contributed by atoms with Gasteiger partial charge in [-0.3, -0.25) is 0 Å². The topological polar surface area (TPSA) is 39.1 Å². The van der Waals surface area contributed by atoms with Gasteiger partial charge in [-0.25, -0.2) is 0 Å². The molecule has 1 atom stereocenters. The van der Waals surface area contributed by atoms with Crippen LogP contribution < -0.4 is 10.2 Å². The Hall–Kier alpha value is -1.53. The summed E-state index contributed by atoms with van der Waals surface area (Å²) in [7, 11) is 0. The lowest BCUT2D eigenvalue weighted by Crippen LogP contribution is -2.63. The highest BCUT2D eigenvalue weighted by molar-refractivity contribution is 5.51. The maximum Gasteiger partial charge on any atom is 0.0643 e. The average molecular weight is 229 g/mol. The third-order valence-electron chi connectivity index (χ3n) is 3.32. The lowest BCUT2D eigenvalue weighted by atomic mass is 9.94.